The second-order valence-corrected chi connectivity index (χ2v) is 5.48. The van der Waals surface area contributed by atoms with Gasteiger partial charge in [0.1, 0.15) is 6.04 Å². The van der Waals surface area contributed by atoms with Gasteiger partial charge in [0.15, 0.2) is 0 Å². The Morgan fingerprint density at radius 3 is 2.50 bits per heavy atom. The van der Waals surface area contributed by atoms with Gasteiger partial charge < -0.3 is 10.6 Å². The molecule has 5 heteroatoms. The summed E-state index contributed by atoms with van der Waals surface area (Å²) in [5.41, 5.74) is 2.82. The van der Waals surface area contributed by atoms with Gasteiger partial charge >= 0.3 is 0 Å². The molecule has 18 heavy (non-hydrogen) atoms. The maximum absolute atomic E-state index is 12.0. The number of hydrogen-bond acceptors (Lipinski definition) is 2. The summed E-state index contributed by atoms with van der Waals surface area (Å²) >= 11 is 3.42. The van der Waals surface area contributed by atoms with E-state index >= 15 is 0 Å². The first-order valence-electron chi connectivity index (χ1n) is 5.84. The highest BCUT2D eigenvalue weighted by Crippen LogP contribution is 2.25. The average Bonchev–Trinajstić information content (AvgIpc) is 2.70. The van der Waals surface area contributed by atoms with Gasteiger partial charge in [-0.25, -0.2) is 0 Å². The number of amides is 2. The highest BCUT2D eigenvalue weighted by Gasteiger charge is 2.27. The van der Waals surface area contributed by atoms with Gasteiger partial charge in [-0.2, -0.15) is 0 Å². The van der Waals surface area contributed by atoms with Crippen molar-refractivity contribution >= 4 is 33.4 Å². The molecule has 0 spiro atoms. The van der Waals surface area contributed by atoms with Gasteiger partial charge in [0.2, 0.25) is 11.8 Å². The van der Waals surface area contributed by atoms with Crippen LogP contribution in [0.15, 0.2) is 16.6 Å². The summed E-state index contributed by atoms with van der Waals surface area (Å²) in [5, 5.41) is 5.56. The number of carbonyl (C=O) groups is 2. The van der Waals surface area contributed by atoms with E-state index in [-0.39, 0.29) is 11.8 Å². The molecule has 0 bridgehead atoms. The molecule has 0 aliphatic carbocycles. The van der Waals surface area contributed by atoms with Crippen molar-refractivity contribution in [2.75, 3.05) is 5.32 Å². The maximum atomic E-state index is 12.0. The molecule has 1 saturated heterocycles. The quantitative estimate of drug-likeness (QED) is 0.880. The van der Waals surface area contributed by atoms with Crippen LogP contribution in [0.4, 0.5) is 5.69 Å². The van der Waals surface area contributed by atoms with E-state index in [1.54, 1.807) is 0 Å². The number of aryl methyl sites for hydroxylation is 2. The first-order chi connectivity index (χ1) is 8.47. The predicted octanol–water partition coefficient (Wildman–Crippen LogP) is 2.28. The maximum Gasteiger partial charge on any atom is 0.246 e. The molecule has 0 unspecified atom stereocenters. The van der Waals surface area contributed by atoms with Gasteiger partial charge in [-0.05, 0) is 43.5 Å². The molecule has 1 aliphatic rings. The summed E-state index contributed by atoms with van der Waals surface area (Å²) in [4.78, 5) is 23.1. The molecule has 1 aromatic carbocycles. The number of nitrogens with one attached hydrogen (secondary N) is 2. The molecule has 1 fully saturated rings. The summed E-state index contributed by atoms with van der Waals surface area (Å²) in [6, 6.07) is 3.51. The zero-order chi connectivity index (χ0) is 13.3. The summed E-state index contributed by atoms with van der Waals surface area (Å²) in [7, 11) is 0. The first-order valence-corrected chi connectivity index (χ1v) is 6.63. The third-order valence-electron chi connectivity index (χ3n) is 3.06. The highest BCUT2D eigenvalue weighted by atomic mass is 79.9. The Hall–Kier alpha value is -1.36. The summed E-state index contributed by atoms with van der Waals surface area (Å²) in [6.45, 7) is 3.89. The normalized spacial score (nSPS) is 18.6. The van der Waals surface area contributed by atoms with Crippen LogP contribution in [0.5, 0.6) is 0 Å². The monoisotopic (exact) mass is 310 g/mol. The first kappa shape index (κ1) is 13.1. The highest BCUT2D eigenvalue weighted by molar-refractivity contribution is 9.10. The van der Waals surface area contributed by atoms with Crippen molar-refractivity contribution in [2.45, 2.75) is 32.7 Å². The molecule has 2 N–H and O–H groups in total. The van der Waals surface area contributed by atoms with Gasteiger partial charge in [0.25, 0.3) is 0 Å². The number of rotatable bonds is 2. The third kappa shape index (κ3) is 2.72. The van der Waals surface area contributed by atoms with Crippen LogP contribution in [0.1, 0.15) is 24.0 Å². The molecule has 96 valence electrons. The van der Waals surface area contributed by atoms with E-state index in [4.69, 9.17) is 0 Å². The minimum absolute atomic E-state index is 0.0561. The molecule has 4 nitrogen and oxygen atoms in total. The minimum Gasteiger partial charge on any atom is -0.344 e. The van der Waals surface area contributed by atoms with Crippen LogP contribution < -0.4 is 10.6 Å². The lowest BCUT2D eigenvalue weighted by molar-refractivity contribution is -0.122. The Morgan fingerprint density at radius 1 is 1.39 bits per heavy atom. The Kier molecular flexibility index (Phi) is 3.71. The van der Waals surface area contributed by atoms with Gasteiger partial charge in [-0.3, -0.25) is 9.59 Å². The van der Waals surface area contributed by atoms with Crippen LogP contribution in [0.2, 0.25) is 0 Å². The van der Waals surface area contributed by atoms with E-state index in [1.165, 1.54) is 0 Å². The molecule has 1 aliphatic heterocycles. The molecule has 1 atom stereocenters. The fourth-order valence-corrected chi connectivity index (χ4v) is 2.82. The van der Waals surface area contributed by atoms with Crippen LogP contribution in [0, 0.1) is 13.8 Å². The van der Waals surface area contributed by atoms with E-state index in [1.807, 2.05) is 26.0 Å². The van der Waals surface area contributed by atoms with E-state index in [0.29, 0.717) is 12.8 Å². The zero-order valence-electron chi connectivity index (χ0n) is 10.3. The molecule has 2 rings (SSSR count). The van der Waals surface area contributed by atoms with Crippen molar-refractivity contribution in [1.29, 1.82) is 0 Å². The van der Waals surface area contributed by atoms with Gasteiger partial charge in [-0.15, -0.1) is 0 Å². The van der Waals surface area contributed by atoms with E-state index < -0.39 is 6.04 Å². The average molecular weight is 311 g/mol. The molecular weight excluding hydrogens is 296 g/mol. The summed E-state index contributed by atoms with van der Waals surface area (Å²) < 4.78 is 0.990. The Morgan fingerprint density at radius 2 is 2.00 bits per heavy atom. The minimum atomic E-state index is -0.403. The van der Waals surface area contributed by atoms with Gasteiger partial charge in [0.05, 0.1) is 0 Å². The van der Waals surface area contributed by atoms with Crippen molar-refractivity contribution in [3.63, 3.8) is 0 Å². The topological polar surface area (TPSA) is 58.2 Å². The van der Waals surface area contributed by atoms with Crippen molar-refractivity contribution in [1.82, 2.24) is 5.32 Å². The van der Waals surface area contributed by atoms with Gasteiger partial charge in [-0.1, -0.05) is 15.9 Å². The van der Waals surface area contributed by atoms with Crippen LogP contribution in [0.3, 0.4) is 0 Å². The van der Waals surface area contributed by atoms with Crippen molar-refractivity contribution in [2.24, 2.45) is 0 Å². The molecule has 0 saturated carbocycles. The zero-order valence-corrected chi connectivity index (χ0v) is 11.9. The predicted molar refractivity (Wildman–Crippen MR) is 73.4 cm³/mol. The molecule has 1 aromatic rings. The molecule has 2 amide bonds. The number of anilines is 1. The van der Waals surface area contributed by atoms with Gasteiger partial charge in [0, 0.05) is 16.6 Å². The molecule has 0 aromatic heterocycles. The lowest BCUT2D eigenvalue weighted by atomic mass is 10.1. The van der Waals surface area contributed by atoms with Crippen molar-refractivity contribution < 1.29 is 9.59 Å². The molecule has 1 heterocycles. The van der Waals surface area contributed by atoms with Crippen LogP contribution in [-0.2, 0) is 9.59 Å². The second-order valence-electron chi connectivity index (χ2n) is 4.56. The standard InChI is InChI=1S/C13H15BrN2O2/c1-7-5-9(14)6-8(2)12(7)16-13(18)10-3-4-11(17)15-10/h5-6,10H,3-4H2,1-2H3,(H,15,17)(H,16,18)/t10-/m0/s1. The van der Waals surface area contributed by atoms with Crippen LogP contribution in [-0.4, -0.2) is 17.9 Å². The smallest absolute Gasteiger partial charge is 0.246 e. The lowest BCUT2D eigenvalue weighted by Crippen LogP contribution is -2.37. The Labute approximate surface area is 114 Å². The SMILES string of the molecule is Cc1cc(Br)cc(C)c1NC(=O)[C@@H]1CCC(=O)N1. The number of hydrogen-bond donors (Lipinski definition) is 2. The Bertz CT molecular complexity index is 491. The van der Waals surface area contributed by atoms with Crippen LogP contribution >= 0.6 is 15.9 Å². The van der Waals surface area contributed by atoms with E-state index in [0.717, 1.165) is 21.3 Å². The Balaban J connectivity index is 2.14. The third-order valence-corrected chi connectivity index (χ3v) is 3.52. The lowest BCUT2D eigenvalue weighted by Gasteiger charge is -2.15. The van der Waals surface area contributed by atoms with Crippen molar-refractivity contribution in [3.05, 3.63) is 27.7 Å². The molecule has 0 radical (unpaired) electrons. The van der Waals surface area contributed by atoms with E-state index in [2.05, 4.69) is 26.6 Å². The fourth-order valence-electron chi connectivity index (χ4n) is 2.13. The number of benzene rings is 1. The van der Waals surface area contributed by atoms with Crippen LogP contribution in [0.25, 0.3) is 0 Å². The molecular formula is C13H15BrN2O2. The largest absolute Gasteiger partial charge is 0.344 e. The number of halogens is 1. The summed E-state index contributed by atoms with van der Waals surface area (Å²) in [6.07, 6.45) is 0.996. The second kappa shape index (κ2) is 5.10. The fraction of sp³-hybridized carbons (Fsp3) is 0.385. The van der Waals surface area contributed by atoms with E-state index in [9.17, 15) is 9.59 Å². The van der Waals surface area contributed by atoms with Crippen molar-refractivity contribution in [3.8, 4) is 0 Å². The number of carbonyl (C=O) groups excluding carboxylic acids is 2. The summed E-state index contributed by atoms with van der Waals surface area (Å²) in [5.74, 6) is -0.200.